The molecule has 0 saturated carbocycles. The van der Waals surface area contributed by atoms with E-state index in [9.17, 15) is 13.2 Å². The molecule has 5 nitrogen and oxygen atoms in total. The molecular formula is C18H27BrN2O3S. The highest BCUT2D eigenvalue weighted by molar-refractivity contribution is 9.10. The number of nitrogens with zero attached hydrogens (tertiary/aromatic N) is 1. The van der Waals surface area contributed by atoms with E-state index in [0.717, 1.165) is 10.0 Å². The Hall–Kier alpha value is -0.920. The summed E-state index contributed by atoms with van der Waals surface area (Å²) in [6.45, 7) is 6.96. The molecule has 0 bridgehead atoms. The number of carbonyl (C=O) groups is 1. The molecule has 0 spiro atoms. The molecule has 1 aromatic rings. The molecule has 7 heteroatoms. The van der Waals surface area contributed by atoms with Gasteiger partial charge in [-0.05, 0) is 43.4 Å². The van der Waals surface area contributed by atoms with E-state index in [-0.39, 0.29) is 23.6 Å². The lowest BCUT2D eigenvalue weighted by Gasteiger charge is -2.31. The van der Waals surface area contributed by atoms with Gasteiger partial charge in [0, 0.05) is 29.5 Å². The molecule has 1 aromatic carbocycles. The zero-order valence-electron chi connectivity index (χ0n) is 15.0. The Kier molecular flexibility index (Phi) is 7.05. The van der Waals surface area contributed by atoms with Crippen molar-refractivity contribution >= 4 is 31.9 Å². The normalized spacial score (nSPS) is 18.3. The minimum absolute atomic E-state index is 0.00626. The highest BCUT2D eigenvalue weighted by atomic mass is 79.9. The van der Waals surface area contributed by atoms with E-state index in [1.54, 1.807) is 0 Å². The number of halogens is 1. The van der Waals surface area contributed by atoms with E-state index in [1.807, 2.05) is 31.2 Å². The van der Waals surface area contributed by atoms with Crippen LogP contribution in [0, 0.1) is 11.8 Å². The molecular weight excluding hydrogens is 404 g/mol. The summed E-state index contributed by atoms with van der Waals surface area (Å²) < 4.78 is 27.6. The molecule has 1 atom stereocenters. The Bertz CT molecular complexity index is 698. The van der Waals surface area contributed by atoms with Crippen LogP contribution in [0.3, 0.4) is 0 Å². The van der Waals surface area contributed by atoms with Gasteiger partial charge in [0.2, 0.25) is 15.9 Å². The minimum atomic E-state index is -3.36. The zero-order chi connectivity index (χ0) is 18.6. The van der Waals surface area contributed by atoms with Crippen molar-refractivity contribution in [2.24, 2.45) is 11.8 Å². The van der Waals surface area contributed by atoms with Crippen LogP contribution in [0.15, 0.2) is 28.7 Å². The molecule has 2 rings (SSSR count). The Labute approximate surface area is 159 Å². The van der Waals surface area contributed by atoms with E-state index < -0.39 is 10.0 Å². The van der Waals surface area contributed by atoms with Crippen LogP contribution >= 0.6 is 15.9 Å². The first-order valence-corrected chi connectivity index (χ1v) is 11.1. The first-order chi connectivity index (χ1) is 11.7. The number of rotatable bonds is 6. The third-order valence-corrected chi connectivity index (χ3v) is 7.17. The van der Waals surface area contributed by atoms with Crippen molar-refractivity contribution in [3.05, 3.63) is 34.3 Å². The summed E-state index contributed by atoms with van der Waals surface area (Å²) >= 11 is 3.37. The summed E-state index contributed by atoms with van der Waals surface area (Å²) in [4.78, 5) is 12.3. The number of hydrogen-bond acceptors (Lipinski definition) is 3. The third kappa shape index (κ3) is 5.79. The Balaban J connectivity index is 1.91. The zero-order valence-corrected chi connectivity index (χ0v) is 17.4. The van der Waals surface area contributed by atoms with Crippen LogP contribution in [0.5, 0.6) is 0 Å². The Morgan fingerprint density at radius 3 is 2.48 bits per heavy atom. The average Bonchev–Trinajstić information content (AvgIpc) is 2.54. The highest BCUT2D eigenvalue weighted by Crippen LogP contribution is 2.23. The standard InChI is InChI=1S/C18H27BrN2O3S/c1-13(2)14(3)20-18(22)16-7-9-21(10-8-16)25(23,24)12-15-5-4-6-17(19)11-15/h4-6,11,13-14,16H,7-10,12H2,1-3H3,(H,20,22). The molecule has 1 unspecified atom stereocenters. The van der Waals surface area contributed by atoms with Gasteiger partial charge in [-0.1, -0.05) is 41.9 Å². The summed E-state index contributed by atoms with van der Waals surface area (Å²) in [5.74, 6) is 0.326. The molecule has 25 heavy (non-hydrogen) atoms. The maximum absolute atomic E-state index is 12.6. The Morgan fingerprint density at radius 1 is 1.28 bits per heavy atom. The summed E-state index contributed by atoms with van der Waals surface area (Å²) in [5, 5.41) is 3.04. The molecule has 1 N–H and O–H groups in total. The molecule has 1 fully saturated rings. The van der Waals surface area contributed by atoms with Crippen molar-refractivity contribution in [1.29, 1.82) is 0 Å². The lowest BCUT2D eigenvalue weighted by molar-refractivity contribution is -0.127. The van der Waals surface area contributed by atoms with Crippen molar-refractivity contribution < 1.29 is 13.2 Å². The molecule has 0 aromatic heterocycles. The van der Waals surface area contributed by atoms with E-state index in [2.05, 4.69) is 35.1 Å². The quantitative estimate of drug-likeness (QED) is 0.753. The molecule has 0 radical (unpaired) electrons. The second kappa shape index (κ2) is 8.64. The van der Waals surface area contributed by atoms with E-state index >= 15 is 0 Å². The van der Waals surface area contributed by atoms with Crippen molar-refractivity contribution in [2.75, 3.05) is 13.1 Å². The SMILES string of the molecule is CC(C)C(C)NC(=O)C1CCN(S(=O)(=O)Cc2cccc(Br)c2)CC1. The smallest absolute Gasteiger partial charge is 0.223 e. The molecule has 1 amide bonds. The highest BCUT2D eigenvalue weighted by Gasteiger charge is 2.31. The first-order valence-electron chi connectivity index (χ1n) is 8.71. The van der Waals surface area contributed by atoms with Crippen LogP contribution in [-0.4, -0.2) is 37.8 Å². The predicted molar refractivity (Wildman–Crippen MR) is 104 cm³/mol. The topological polar surface area (TPSA) is 66.5 Å². The van der Waals surface area contributed by atoms with Gasteiger partial charge in [-0.3, -0.25) is 4.79 Å². The molecule has 0 aliphatic carbocycles. The van der Waals surface area contributed by atoms with Gasteiger partial charge in [0.1, 0.15) is 0 Å². The van der Waals surface area contributed by atoms with Gasteiger partial charge in [0.25, 0.3) is 0 Å². The van der Waals surface area contributed by atoms with Gasteiger partial charge in [-0.25, -0.2) is 12.7 Å². The van der Waals surface area contributed by atoms with Crippen LogP contribution in [0.25, 0.3) is 0 Å². The second-order valence-electron chi connectivity index (χ2n) is 7.10. The summed E-state index contributed by atoms with van der Waals surface area (Å²) in [6.07, 6.45) is 1.16. The van der Waals surface area contributed by atoms with Crippen LogP contribution in [-0.2, 0) is 20.6 Å². The van der Waals surface area contributed by atoms with Crippen molar-refractivity contribution in [2.45, 2.75) is 45.4 Å². The molecule has 1 saturated heterocycles. The van der Waals surface area contributed by atoms with Gasteiger partial charge < -0.3 is 5.32 Å². The Morgan fingerprint density at radius 2 is 1.92 bits per heavy atom. The largest absolute Gasteiger partial charge is 0.353 e. The monoisotopic (exact) mass is 430 g/mol. The lowest BCUT2D eigenvalue weighted by atomic mass is 9.96. The second-order valence-corrected chi connectivity index (χ2v) is 9.99. The van der Waals surface area contributed by atoms with Gasteiger partial charge in [0.15, 0.2) is 0 Å². The predicted octanol–water partition coefficient (Wildman–Crippen LogP) is 3.15. The van der Waals surface area contributed by atoms with E-state index in [1.165, 1.54) is 4.31 Å². The van der Waals surface area contributed by atoms with Crippen molar-refractivity contribution in [3.8, 4) is 0 Å². The number of hydrogen-bond donors (Lipinski definition) is 1. The average molecular weight is 431 g/mol. The molecule has 1 heterocycles. The van der Waals surface area contributed by atoms with Crippen LogP contribution in [0.1, 0.15) is 39.2 Å². The van der Waals surface area contributed by atoms with Gasteiger partial charge in [0.05, 0.1) is 5.75 Å². The fourth-order valence-corrected chi connectivity index (χ4v) is 4.83. The van der Waals surface area contributed by atoms with Crippen LogP contribution < -0.4 is 5.32 Å². The van der Waals surface area contributed by atoms with Gasteiger partial charge in [-0.2, -0.15) is 0 Å². The van der Waals surface area contributed by atoms with Crippen LogP contribution in [0.4, 0.5) is 0 Å². The fourth-order valence-electron chi connectivity index (χ4n) is 2.83. The minimum Gasteiger partial charge on any atom is -0.353 e. The lowest BCUT2D eigenvalue weighted by Crippen LogP contribution is -2.46. The summed E-state index contributed by atoms with van der Waals surface area (Å²) in [6, 6.07) is 7.48. The number of nitrogens with one attached hydrogen (secondary N) is 1. The third-order valence-electron chi connectivity index (χ3n) is 4.83. The first kappa shape index (κ1) is 20.4. The number of sulfonamides is 1. The number of piperidine rings is 1. The fraction of sp³-hybridized carbons (Fsp3) is 0.611. The number of carbonyl (C=O) groups excluding carboxylic acids is 1. The maximum atomic E-state index is 12.6. The summed E-state index contributed by atoms with van der Waals surface area (Å²) in [7, 11) is -3.36. The number of amides is 1. The van der Waals surface area contributed by atoms with Gasteiger partial charge >= 0.3 is 0 Å². The molecule has 140 valence electrons. The van der Waals surface area contributed by atoms with Gasteiger partial charge in [-0.15, -0.1) is 0 Å². The van der Waals surface area contributed by atoms with E-state index in [4.69, 9.17) is 0 Å². The molecule has 1 aliphatic heterocycles. The summed E-state index contributed by atoms with van der Waals surface area (Å²) in [5.41, 5.74) is 0.764. The van der Waals surface area contributed by atoms with Crippen molar-refractivity contribution in [1.82, 2.24) is 9.62 Å². The van der Waals surface area contributed by atoms with Crippen molar-refractivity contribution in [3.63, 3.8) is 0 Å². The number of benzene rings is 1. The molecule has 1 aliphatic rings. The maximum Gasteiger partial charge on any atom is 0.223 e. The van der Waals surface area contributed by atoms with E-state index in [0.29, 0.717) is 31.8 Å². The van der Waals surface area contributed by atoms with Crippen LogP contribution in [0.2, 0.25) is 0 Å².